The molecule has 0 amide bonds. The van der Waals surface area contributed by atoms with Gasteiger partial charge >= 0.3 is 0 Å². The number of rotatable bonds is 3. The van der Waals surface area contributed by atoms with Crippen LogP contribution in [0.1, 0.15) is 51.2 Å². The van der Waals surface area contributed by atoms with Crippen molar-refractivity contribution in [2.75, 3.05) is 0 Å². The van der Waals surface area contributed by atoms with E-state index in [0.717, 1.165) is 6.42 Å². The highest BCUT2D eigenvalue weighted by molar-refractivity contribution is 5.56. The maximum absolute atomic E-state index is 4.03. The average Bonchev–Trinajstić information content (AvgIpc) is 2.78. The molecule has 0 spiro atoms. The molecule has 0 saturated heterocycles. The molecule has 0 nitrogen and oxygen atoms in total. The molecule has 0 heteroatoms. The highest BCUT2D eigenvalue weighted by Gasteiger charge is 2.51. The third kappa shape index (κ3) is 2.55. The second-order valence-corrected chi connectivity index (χ2v) is 7.70. The SMILES string of the molecule is C=CC1=C(C)C=C2CCC(C)(/C=C/c3ccccc3C)C2(C)C1. The summed E-state index contributed by atoms with van der Waals surface area (Å²) in [6.45, 7) is 13.3. The van der Waals surface area contributed by atoms with Crippen molar-refractivity contribution in [1.29, 1.82) is 0 Å². The molecule has 23 heavy (non-hydrogen) atoms. The van der Waals surface area contributed by atoms with Crippen molar-refractivity contribution in [1.82, 2.24) is 0 Å². The van der Waals surface area contributed by atoms with E-state index in [1.165, 1.54) is 35.1 Å². The van der Waals surface area contributed by atoms with Crippen molar-refractivity contribution < 1.29 is 0 Å². The van der Waals surface area contributed by atoms with Crippen LogP contribution in [0.15, 0.2) is 65.8 Å². The van der Waals surface area contributed by atoms with Gasteiger partial charge in [-0.1, -0.05) is 74.6 Å². The molecule has 1 aromatic rings. The standard InChI is InChI=1S/C23H28/c1-6-19-16-23(5)21(15-18(19)3)12-14-22(23,4)13-11-20-10-8-7-9-17(20)2/h6-11,13,15H,1,12,14,16H2,2-5H3/b13-11+. The van der Waals surface area contributed by atoms with Gasteiger partial charge in [0.15, 0.2) is 0 Å². The Kier molecular flexibility index (Phi) is 3.96. The van der Waals surface area contributed by atoms with E-state index in [2.05, 4.69) is 82.8 Å². The van der Waals surface area contributed by atoms with E-state index in [0.29, 0.717) is 0 Å². The summed E-state index contributed by atoms with van der Waals surface area (Å²) in [6.07, 6.45) is 12.8. The smallest absolute Gasteiger partial charge is 0.00157 e. The largest absolute Gasteiger partial charge is 0.0988 e. The van der Waals surface area contributed by atoms with E-state index in [9.17, 15) is 0 Å². The van der Waals surface area contributed by atoms with Crippen LogP contribution in [0.4, 0.5) is 0 Å². The summed E-state index contributed by atoms with van der Waals surface area (Å²) >= 11 is 0. The summed E-state index contributed by atoms with van der Waals surface area (Å²) in [4.78, 5) is 0. The van der Waals surface area contributed by atoms with Crippen LogP contribution in [0.25, 0.3) is 6.08 Å². The van der Waals surface area contributed by atoms with Crippen LogP contribution < -0.4 is 0 Å². The lowest BCUT2D eigenvalue weighted by atomic mass is 9.61. The lowest BCUT2D eigenvalue weighted by Gasteiger charge is -2.43. The molecule has 0 heterocycles. The van der Waals surface area contributed by atoms with Crippen LogP contribution >= 0.6 is 0 Å². The first-order valence-electron chi connectivity index (χ1n) is 8.68. The van der Waals surface area contributed by atoms with Gasteiger partial charge in [0.25, 0.3) is 0 Å². The number of hydrogen-bond donors (Lipinski definition) is 0. The lowest BCUT2D eigenvalue weighted by molar-refractivity contribution is 0.202. The van der Waals surface area contributed by atoms with Crippen LogP contribution in [0.2, 0.25) is 0 Å². The Morgan fingerprint density at radius 1 is 1.13 bits per heavy atom. The normalized spacial score (nSPS) is 30.5. The van der Waals surface area contributed by atoms with Crippen molar-refractivity contribution in [3.8, 4) is 0 Å². The molecule has 1 fully saturated rings. The van der Waals surface area contributed by atoms with Crippen LogP contribution in [0.5, 0.6) is 0 Å². The predicted molar refractivity (Wildman–Crippen MR) is 101 cm³/mol. The minimum atomic E-state index is 0.204. The van der Waals surface area contributed by atoms with Crippen LogP contribution in [-0.4, -0.2) is 0 Å². The molecular formula is C23H28. The van der Waals surface area contributed by atoms with Gasteiger partial charge in [0.05, 0.1) is 0 Å². The Bertz CT molecular complexity index is 728. The number of aryl methyl sites for hydroxylation is 1. The highest BCUT2D eigenvalue weighted by Crippen LogP contribution is 2.61. The van der Waals surface area contributed by atoms with Crippen molar-refractivity contribution in [2.45, 2.75) is 47.0 Å². The summed E-state index contributed by atoms with van der Waals surface area (Å²) in [5.74, 6) is 0. The molecule has 0 aromatic heterocycles. The van der Waals surface area contributed by atoms with E-state index < -0.39 is 0 Å². The fourth-order valence-electron chi connectivity index (χ4n) is 4.28. The Balaban J connectivity index is 1.96. The van der Waals surface area contributed by atoms with Gasteiger partial charge in [-0.15, -0.1) is 0 Å². The fourth-order valence-corrected chi connectivity index (χ4v) is 4.28. The van der Waals surface area contributed by atoms with Gasteiger partial charge in [0, 0.05) is 5.41 Å². The average molecular weight is 304 g/mol. The summed E-state index contributed by atoms with van der Waals surface area (Å²) in [5.41, 5.74) is 7.54. The summed E-state index contributed by atoms with van der Waals surface area (Å²) in [6, 6.07) is 8.63. The van der Waals surface area contributed by atoms with Crippen LogP contribution in [-0.2, 0) is 0 Å². The van der Waals surface area contributed by atoms with E-state index in [1.807, 2.05) is 0 Å². The number of allylic oxidation sites excluding steroid dienone is 6. The number of hydrogen-bond acceptors (Lipinski definition) is 0. The monoisotopic (exact) mass is 304 g/mol. The first-order chi connectivity index (χ1) is 10.9. The van der Waals surface area contributed by atoms with E-state index in [4.69, 9.17) is 0 Å². The Morgan fingerprint density at radius 3 is 2.57 bits per heavy atom. The zero-order valence-electron chi connectivity index (χ0n) is 14.9. The van der Waals surface area contributed by atoms with E-state index in [1.54, 1.807) is 5.57 Å². The summed E-state index contributed by atoms with van der Waals surface area (Å²) < 4.78 is 0. The molecule has 2 aliphatic rings. The van der Waals surface area contributed by atoms with Gasteiger partial charge in [-0.05, 0) is 60.8 Å². The molecule has 120 valence electrons. The minimum absolute atomic E-state index is 0.204. The Labute approximate surface area is 141 Å². The second-order valence-electron chi connectivity index (χ2n) is 7.70. The molecule has 1 aromatic carbocycles. The van der Waals surface area contributed by atoms with Crippen molar-refractivity contribution in [2.24, 2.45) is 10.8 Å². The quantitative estimate of drug-likeness (QED) is 0.586. The van der Waals surface area contributed by atoms with Crippen LogP contribution in [0, 0.1) is 17.8 Å². The van der Waals surface area contributed by atoms with E-state index in [-0.39, 0.29) is 10.8 Å². The molecule has 2 unspecified atom stereocenters. The molecule has 0 bridgehead atoms. The molecular weight excluding hydrogens is 276 g/mol. The molecule has 0 radical (unpaired) electrons. The van der Waals surface area contributed by atoms with E-state index >= 15 is 0 Å². The third-order valence-electron chi connectivity index (χ3n) is 6.39. The van der Waals surface area contributed by atoms with Crippen molar-refractivity contribution in [3.05, 3.63) is 76.9 Å². The first kappa shape index (κ1) is 16.1. The zero-order chi connectivity index (χ0) is 16.7. The predicted octanol–water partition coefficient (Wildman–Crippen LogP) is 6.65. The molecule has 1 saturated carbocycles. The first-order valence-corrected chi connectivity index (χ1v) is 8.68. The number of benzene rings is 1. The van der Waals surface area contributed by atoms with Gasteiger partial charge in [-0.25, -0.2) is 0 Å². The van der Waals surface area contributed by atoms with Gasteiger partial charge in [-0.2, -0.15) is 0 Å². The Hall–Kier alpha value is -1.82. The third-order valence-corrected chi connectivity index (χ3v) is 6.39. The van der Waals surface area contributed by atoms with Crippen molar-refractivity contribution in [3.63, 3.8) is 0 Å². The van der Waals surface area contributed by atoms with Crippen molar-refractivity contribution >= 4 is 6.08 Å². The van der Waals surface area contributed by atoms with Gasteiger partial charge < -0.3 is 0 Å². The summed E-state index contributed by atoms with van der Waals surface area (Å²) in [7, 11) is 0. The molecule has 0 aliphatic heterocycles. The minimum Gasteiger partial charge on any atom is -0.0988 e. The van der Waals surface area contributed by atoms with Crippen LogP contribution in [0.3, 0.4) is 0 Å². The molecule has 0 N–H and O–H groups in total. The van der Waals surface area contributed by atoms with Gasteiger partial charge in [0.1, 0.15) is 0 Å². The zero-order valence-corrected chi connectivity index (χ0v) is 14.9. The summed E-state index contributed by atoms with van der Waals surface area (Å²) in [5, 5.41) is 0. The molecule has 2 aliphatic carbocycles. The highest BCUT2D eigenvalue weighted by atomic mass is 14.5. The molecule has 2 atom stereocenters. The molecule has 3 rings (SSSR count). The fraction of sp³-hybridized carbons (Fsp3) is 0.391. The topological polar surface area (TPSA) is 0 Å². The van der Waals surface area contributed by atoms with Gasteiger partial charge in [0.2, 0.25) is 0 Å². The number of fused-ring (bicyclic) bond motifs is 1. The second kappa shape index (κ2) is 5.67. The Morgan fingerprint density at radius 2 is 1.87 bits per heavy atom. The maximum Gasteiger partial charge on any atom is 0.00157 e. The lowest BCUT2D eigenvalue weighted by Crippen LogP contribution is -2.33. The maximum atomic E-state index is 4.03. The van der Waals surface area contributed by atoms with Gasteiger partial charge in [-0.3, -0.25) is 0 Å².